The average molecular weight is 380 g/mol. The van der Waals surface area contributed by atoms with Crippen LogP contribution in [0.25, 0.3) is 0 Å². The molecule has 0 heterocycles. The molecule has 0 aliphatic carbocycles. The predicted octanol–water partition coefficient (Wildman–Crippen LogP) is 2.62. The van der Waals surface area contributed by atoms with Crippen molar-refractivity contribution in [1.82, 2.24) is 10.0 Å². The first-order valence-corrected chi connectivity index (χ1v) is 9.50. The largest absolute Gasteiger partial charge is 0.495 e. The van der Waals surface area contributed by atoms with Gasteiger partial charge in [0.25, 0.3) is 5.91 Å². The lowest BCUT2D eigenvalue weighted by atomic mass is 10.1. The molecule has 0 saturated carbocycles. The SMILES string of the molecule is CCNS(=O)(=O)c1cc(C(=O)N[C@@H](C)c2ccc(F)cc2)ccc1OC. The summed E-state index contributed by atoms with van der Waals surface area (Å²) in [4.78, 5) is 12.4. The van der Waals surface area contributed by atoms with Gasteiger partial charge < -0.3 is 10.1 Å². The highest BCUT2D eigenvalue weighted by Crippen LogP contribution is 2.25. The molecule has 0 aromatic heterocycles. The minimum atomic E-state index is -3.79. The zero-order chi connectivity index (χ0) is 19.3. The van der Waals surface area contributed by atoms with Gasteiger partial charge in [0.1, 0.15) is 16.5 Å². The number of carbonyl (C=O) groups excluding carboxylic acids is 1. The third-order valence-corrected chi connectivity index (χ3v) is 5.33. The van der Waals surface area contributed by atoms with Crippen LogP contribution in [0, 0.1) is 5.82 Å². The third kappa shape index (κ3) is 4.59. The van der Waals surface area contributed by atoms with Crippen LogP contribution in [-0.4, -0.2) is 28.0 Å². The monoisotopic (exact) mass is 380 g/mol. The summed E-state index contributed by atoms with van der Waals surface area (Å²) in [6, 6.07) is 9.59. The fourth-order valence-corrected chi connectivity index (χ4v) is 3.64. The number of hydrogen-bond donors (Lipinski definition) is 2. The lowest BCUT2D eigenvalue weighted by molar-refractivity contribution is 0.0939. The van der Waals surface area contributed by atoms with Crippen LogP contribution in [0.4, 0.5) is 4.39 Å². The highest BCUT2D eigenvalue weighted by Gasteiger charge is 2.21. The van der Waals surface area contributed by atoms with E-state index < -0.39 is 15.9 Å². The van der Waals surface area contributed by atoms with Crippen molar-refractivity contribution in [3.8, 4) is 5.75 Å². The van der Waals surface area contributed by atoms with Gasteiger partial charge in [0.15, 0.2) is 0 Å². The van der Waals surface area contributed by atoms with Crippen LogP contribution in [0.5, 0.6) is 5.75 Å². The second-order valence-corrected chi connectivity index (χ2v) is 7.35. The van der Waals surface area contributed by atoms with Gasteiger partial charge in [0.2, 0.25) is 10.0 Å². The normalized spacial score (nSPS) is 12.5. The maximum absolute atomic E-state index is 13.0. The van der Waals surface area contributed by atoms with Crippen LogP contribution in [0.1, 0.15) is 35.8 Å². The Morgan fingerprint density at radius 2 is 1.85 bits per heavy atom. The predicted molar refractivity (Wildman–Crippen MR) is 96.1 cm³/mol. The topological polar surface area (TPSA) is 84.5 Å². The van der Waals surface area contributed by atoms with Crippen molar-refractivity contribution in [2.75, 3.05) is 13.7 Å². The molecule has 0 aliphatic rings. The lowest BCUT2D eigenvalue weighted by Gasteiger charge is -2.16. The summed E-state index contributed by atoms with van der Waals surface area (Å²) in [6.45, 7) is 3.62. The first-order valence-electron chi connectivity index (χ1n) is 8.02. The van der Waals surface area contributed by atoms with Crippen molar-refractivity contribution in [1.29, 1.82) is 0 Å². The fourth-order valence-electron chi connectivity index (χ4n) is 2.41. The summed E-state index contributed by atoms with van der Waals surface area (Å²) in [5, 5.41) is 2.76. The average Bonchev–Trinajstić information content (AvgIpc) is 2.61. The lowest BCUT2D eigenvalue weighted by Crippen LogP contribution is -2.28. The maximum atomic E-state index is 13.0. The second kappa shape index (κ2) is 8.29. The van der Waals surface area contributed by atoms with Gasteiger partial charge >= 0.3 is 0 Å². The molecule has 0 bridgehead atoms. The van der Waals surface area contributed by atoms with Gasteiger partial charge in [-0.1, -0.05) is 19.1 Å². The molecule has 2 aromatic rings. The highest BCUT2D eigenvalue weighted by molar-refractivity contribution is 7.89. The van der Waals surface area contributed by atoms with Crippen molar-refractivity contribution >= 4 is 15.9 Å². The van der Waals surface area contributed by atoms with Crippen LogP contribution < -0.4 is 14.8 Å². The van der Waals surface area contributed by atoms with Crippen LogP contribution in [0.3, 0.4) is 0 Å². The molecule has 2 rings (SSSR count). The standard InChI is InChI=1S/C18H21FN2O4S/c1-4-20-26(23,24)17-11-14(7-10-16(17)25-3)18(22)21-12(2)13-5-8-15(19)9-6-13/h5-12,20H,4H2,1-3H3,(H,21,22)/t12-/m0/s1. The Labute approximate surface area is 152 Å². The van der Waals surface area contributed by atoms with E-state index in [1.165, 1.54) is 37.4 Å². The molecule has 140 valence electrons. The Kier molecular flexibility index (Phi) is 6.33. The Balaban J connectivity index is 2.27. The fraction of sp³-hybridized carbons (Fsp3) is 0.278. The van der Waals surface area contributed by atoms with E-state index in [0.717, 1.165) is 5.56 Å². The van der Waals surface area contributed by atoms with Gasteiger partial charge in [-0.05, 0) is 42.8 Å². The number of benzene rings is 2. The molecular weight excluding hydrogens is 359 g/mol. The van der Waals surface area contributed by atoms with E-state index in [9.17, 15) is 17.6 Å². The Hall–Kier alpha value is -2.45. The zero-order valence-corrected chi connectivity index (χ0v) is 15.6. The summed E-state index contributed by atoms with van der Waals surface area (Å²) in [6.07, 6.45) is 0. The van der Waals surface area contributed by atoms with Gasteiger partial charge in [-0.15, -0.1) is 0 Å². The molecule has 2 N–H and O–H groups in total. The molecule has 0 spiro atoms. The number of amides is 1. The summed E-state index contributed by atoms with van der Waals surface area (Å²) < 4.78 is 45.1. The van der Waals surface area contributed by atoms with Crippen LogP contribution in [0.2, 0.25) is 0 Å². The molecule has 1 atom stereocenters. The number of nitrogens with one attached hydrogen (secondary N) is 2. The number of halogens is 1. The summed E-state index contributed by atoms with van der Waals surface area (Å²) in [5.74, 6) is -0.660. The number of ether oxygens (including phenoxy) is 1. The molecule has 0 saturated heterocycles. The minimum Gasteiger partial charge on any atom is -0.495 e. The van der Waals surface area contributed by atoms with Gasteiger partial charge in [-0.2, -0.15) is 0 Å². The molecule has 1 amide bonds. The van der Waals surface area contributed by atoms with Crippen molar-refractivity contribution in [2.24, 2.45) is 0 Å². The molecule has 8 heteroatoms. The van der Waals surface area contributed by atoms with Gasteiger partial charge in [-0.3, -0.25) is 4.79 Å². The first-order chi connectivity index (χ1) is 12.3. The summed E-state index contributed by atoms with van der Waals surface area (Å²) in [5.41, 5.74) is 0.907. The van der Waals surface area contributed by atoms with E-state index in [1.807, 2.05) is 0 Å². The van der Waals surface area contributed by atoms with E-state index >= 15 is 0 Å². The number of methoxy groups -OCH3 is 1. The molecule has 0 radical (unpaired) electrons. The first kappa shape index (κ1) is 19.9. The van der Waals surface area contributed by atoms with Crippen molar-refractivity contribution in [3.05, 3.63) is 59.4 Å². The number of carbonyl (C=O) groups is 1. The maximum Gasteiger partial charge on any atom is 0.251 e. The van der Waals surface area contributed by atoms with Gasteiger partial charge in [-0.25, -0.2) is 17.5 Å². The molecule has 0 fully saturated rings. The molecule has 0 unspecified atom stereocenters. The Bertz CT molecular complexity index is 883. The van der Waals surface area contributed by atoms with Crippen molar-refractivity contribution in [2.45, 2.75) is 24.8 Å². The highest BCUT2D eigenvalue weighted by atomic mass is 32.2. The van der Waals surface area contributed by atoms with E-state index in [-0.39, 0.29) is 34.6 Å². The van der Waals surface area contributed by atoms with Crippen LogP contribution in [-0.2, 0) is 10.0 Å². The number of hydrogen-bond acceptors (Lipinski definition) is 4. The van der Waals surface area contributed by atoms with Gasteiger partial charge in [0.05, 0.1) is 13.2 Å². The zero-order valence-electron chi connectivity index (χ0n) is 14.7. The van der Waals surface area contributed by atoms with Crippen LogP contribution in [0.15, 0.2) is 47.4 Å². The third-order valence-electron chi connectivity index (χ3n) is 3.77. The van der Waals surface area contributed by atoms with E-state index in [2.05, 4.69) is 10.0 Å². The van der Waals surface area contributed by atoms with Crippen molar-refractivity contribution < 1.29 is 22.3 Å². The summed E-state index contributed by atoms with van der Waals surface area (Å²) >= 11 is 0. The van der Waals surface area contributed by atoms with E-state index in [1.54, 1.807) is 26.0 Å². The smallest absolute Gasteiger partial charge is 0.251 e. The molecule has 6 nitrogen and oxygen atoms in total. The van der Waals surface area contributed by atoms with Crippen LogP contribution >= 0.6 is 0 Å². The number of sulfonamides is 1. The summed E-state index contributed by atoms with van der Waals surface area (Å²) in [7, 11) is -2.43. The molecular formula is C18H21FN2O4S. The quantitative estimate of drug-likeness (QED) is 0.773. The Morgan fingerprint density at radius 3 is 2.42 bits per heavy atom. The second-order valence-electron chi connectivity index (χ2n) is 5.61. The van der Waals surface area contributed by atoms with E-state index in [0.29, 0.717) is 0 Å². The van der Waals surface area contributed by atoms with Crippen molar-refractivity contribution in [3.63, 3.8) is 0 Å². The molecule has 0 aliphatic heterocycles. The molecule has 26 heavy (non-hydrogen) atoms. The molecule has 2 aromatic carbocycles. The minimum absolute atomic E-state index is 0.107. The van der Waals surface area contributed by atoms with E-state index in [4.69, 9.17) is 4.74 Å². The van der Waals surface area contributed by atoms with Gasteiger partial charge in [0, 0.05) is 12.1 Å². The number of rotatable bonds is 7. The Morgan fingerprint density at radius 1 is 1.19 bits per heavy atom.